The summed E-state index contributed by atoms with van der Waals surface area (Å²) in [6.45, 7) is 1.30. The third-order valence-electron chi connectivity index (χ3n) is 1.87. The molecule has 0 atom stereocenters. The second-order valence-corrected chi connectivity index (χ2v) is 4.42. The Morgan fingerprint density at radius 2 is 1.63 bits per heavy atom. The van der Waals surface area contributed by atoms with Gasteiger partial charge >= 0.3 is 12.5 Å². The van der Waals surface area contributed by atoms with Crippen molar-refractivity contribution in [3.8, 4) is 11.5 Å². The van der Waals surface area contributed by atoms with Crippen molar-refractivity contribution in [2.45, 2.75) is 19.5 Å². The molecule has 0 amide bonds. The van der Waals surface area contributed by atoms with Gasteiger partial charge in [0, 0.05) is 6.07 Å². The molecule has 0 unspecified atom stereocenters. The maximum atomic E-state index is 12.7. The molecule has 0 heterocycles. The molecule has 0 bridgehead atoms. The summed E-state index contributed by atoms with van der Waals surface area (Å²) in [4.78, 5) is 0. The minimum absolute atomic E-state index is 0.116. The van der Waals surface area contributed by atoms with E-state index in [0.29, 0.717) is 12.1 Å². The van der Waals surface area contributed by atoms with Crippen LogP contribution in [-0.4, -0.2) is 13.0 Å². The first kappa shape index (κ1) is 16.2. The summed E-state index contributed by atoms with van der Waals surface area (Å²) in [6, 6.07) is 1.13. The molecule has 0 aliphatic rings. The number of hydrogen-bond acceptors (Lipinski definition) is 2. The van der Waals surface area contributed by atoms with Crippen molar-refractivity contribution in [1.29, 1.82) is 0 Å². The second kappa shape index (κ2) is 5.63. The SMILES string of the molecule is CCOc1cc(OC(F)(F)F)c(I)cc1C(F)(F)F. The van der Waals surface area contributed by atoms with E-state index < -0.39 is 29.6 Å². The van der Waals surface area contributed by atoms with Gasteiger partial charge in [-0.2, -0.15) is 13.2 Å². The average molecular weight is 400 g/mol. The molecule has 19 heavy (non-hydrogen) atoms. The standard InChI is InChI=1S/C10H7F6IO2/c1-2-18-7-4-8(19-10(14,15)16)6(17)3-5(7)9(11,12)13/h3-4H,2H2,1H3. The van der Waals surface area contributed by atoms with Crippen molar-refractivity contribution in [3.63, 3.8) is 0 Å². The van der Waals surface area contributed by atoms with Gasteiger partial charge in [0.05, 0.1) is 15.7 Å². The van der Waals surface area contributed by atoms with Crippen molar-refractivity contribution in [3.05, 3.63) is 21.3 Å². The largest absolute Gasteiger partial charge is 0.573 e. The van der Waals surface area contributed by atoms with E-state index in [9.17, 15) is 26.3 Å². The van der Waals surface area contributed by atoms with Gasteiger partial charge in [-0.05, 0) is 35.6 Å². The first-order chi connectivity index (χ1) is 8.54. The smallest absolute Gasteiger partial charge is 0.493 e. The van der Waals surface area contributed by atoms with Crippen LogP contribution in [0.4, 0.5) is 26.3 Å². The highest BCUT2D eigenvalue weighted by atomic mass is 127. The maximum absolute atomic E-state index is 12.7. The Kier molecular flexibility index (Phi) is 4.80. The Morgan fingerprint density at radius 3 is 2.05 bits per heavy atom. The Morgan fingerprint density at radius 1 is 1.05 bits per heavy atom. The van der Waals surface area contributed by atoms with Crippen LogP contribution in [0.2, 0.25) is 0 Å². The van der Waals surface area contributed by atoms with Crippen LogP contribution in [0.3, 0.4) is 0 Å². The summed E-state index contributed by atoms with van der Waals surface area (Å²) < 4.78 is 82.3. The molecule has 0 aliphatic carbocycles. The number of benzene rings is 1. The van der Waals surface area contributed by atoms with E-state index in [1.165, 1.54) is 29.5 Å². The molecule has 0 aliphatic heterocycles. The van der Waals surface area contributed by atoms with E-state index in [1.807, 2.05) is 0 Å². The van der Waals surface area contributed by atoms with E-state index in [1.54, 1.807) is 0 Å². The van der Waals surface area contributed by atoms with E-state index in [2.05, 4.69) is 4.74 Å². The Bertz CT molecular complexity index is 455. The van der Waals surface area contributed by atoms with E-state index in [-0.39, 0.29) is 10.2 Å². The van der Waals surface area contributed by atoms with Crippen LogP contribution in [0.5, 0.6) is 11.5 Å². The molecular weight excluding hydrogens is 393 g/mol. The molecule has 1 aromatic rings. The molecule has 0 spiro atoms. The summed E-state index contributed by atoms with van der Waals surface area (Å²) in [5.74, 6) is -1.43. The van der Waals surface area contributed by atoms with E-state index >= 15 is 0 Å². The third kappa shape index (κ3) is 4.62. The first-order valence-corrected chi connectivity index (χ1v) is 5.91. The second-order valence-electron chi connectivity index (χ2n) is 3.26. The lowest BCUT2D eigenvalue weighted by Gasteiger charge is -2.17. The van der Waals surface area contributed by atoms with Crippen molar-refractivity contribution >= 4 is 22.6 Å². The maximum Gasteiger partial charge on any atom is 0.573 e. The molecule has 2 nitrogen and oxygen atoms in total. The van der Waals surface area contributed by atoms with Crippen LogP contribution in [0.25, 0.3) is 0 Å². The van der Waals surface area contributed by atoms with Crippen LogP contribution in [0.15, 0.2) is 12.1 Å². The third-order valence-corrected chi connectivity index (χ3v) is 2.71. The molecule has 0 fully saturated rings. The summed E-state index contributed by atoms with van der Waals surface area (Å²) in [6.07, 6.45) is -9.70. The summed E-state index contributed by atoms with van der Waals surface area (Å²) >= 11 is 1.33. The molecule has 0 aromatic heterocycles. The highest BCUT2D eigenvalue weighted by molar-refractivity contribution is 14.1. The van der Waals surface area contributed by atoms with Gasteiger partial charge in [-0.25, -0.2) is 0 Å². The number of halogens is 7. The van der Waals surface area contributed by atoms with Gasteiger partial charge in [0.1, 0.15) is 11.5 Å². The number of ether oxygens (including phenoxy) is 2. The van der Waals surface area contributed by atoms with Gasteiger partial charge in [0.25, 0.3) is 0 Å². The predicted molar refractivity (Wildman–Crippen MR) is 62.0 cm³/mol. The van der Waals surface area contributed by atoms with E-state index in [0.717, 1.165) is 0 Å². The summed E-state index contributed by atoms with van der Waals surface area (Å²) in [5.41, 5.74) is -1.15. The Labute approximate surface area is 117 Å². The number of alkyl halides is 6. The zero-order valence-corrected chi connectivity index (χ0v) is 11.5. The van der Waals surface area contributed by atoms with Crippen molar-refractivity contribution < 1.29 is 35.8 Å². The summed E-state index contributed by atoms with van der Waals surface area (Å²) in [7, 11) is 0. The molecule has 1 aromatic carbocycles. The fourth-order valence-electron chi connectivity index (χ4n) is 1.23. The lowest BCUT2D eigenvalue weighted by molar-refractivity contribution is -0.275. The van der Waals surface area contributed by atoms with Gasteiger partial charge < -0.3 is 9.47 Å². The monoisotopic (exact) mass is 400 g/mol. The van der Waals surface area contributed by atoms with Gasteiger partial charge in [-0.15, -0.1) is 13.2 Å². The lowest BCUT2D eigenvalue weighted by atomic mass is 10.2. The Hall–Kier alpha value is -0.870. The number of rotatable bonds is 3. The quantitative estimate of drug-likeness (QED) is 0.545. The molecular formula is C10H7F6IO2. The summed E-state index contributed by atoms with van der Waals surface area (Å²) in [5, 5.41) is 0. The highest BCUT2D eigenvalue weighted by Crippen LogP contribution is 2.41. The van der Waals surface area contributed by atoms with Gasteiger partial charge in [0.15, 0.2) is 0 Å². The van der Waals surface area contributed by atoms with Crippen molar-refractivity contribution in [1.82, 2.24) is 0 Å². The van der Waals surface area contributed by atoms with Crippen LogP contribution >= 0.6 is 22.6 Å². The topological polar surface area (TPSA) is 18.5 Å². The zero-order chi connectivity index (χ0) is 14.8. The highest BCUT2D eigenvalue weighted by Gasteiger charge is 2.37. The van der Waals surface area contributed by atoms with Crippen LogP contribution < -0.4 is 9.47 Å². The molecule has 9 heteroatoms. The fraction of sp³-hybridized carbons (Fsp3) is 0.400. The van der Waals surface area contributed by atoms with Crippen molar-refractivity contribution in [2.75, 3.05) is 6.61 Å². The minimum Gasteiger partial charge on any atom is -0.493 e. The molecule has 0 radical (unpaired) electrons. The van der Waals surface area contributed by atoms with Crippen LogP contribution in [0.1, 0.15) is 12.5 Å². The lowest BCUT2D eigenvalue weighted by Crippen LogP contribution is -2.18. The molecule has 108 valence electrons. The molecule has 1 rings (SSSR count). The zero-order valence-electron chi connectivity index (χ0n) is 9.32. The normalized spacial score (nSPS) is 12.4. The first-order valence-electron chi connectivity index (χ1n) is 4.84. The van der Waals surface area contributed by atoms with Gasteiger partial charge in [-0.3, -0.25) is 0 Å². The van der Waals surface area contributed by atoms with Crippen LogP contribution in [0, 0.1) is 3.57 Å². The minimum atomic E-state index is -4.98. The van der Waals surface area contributed by atoms with Crippen molar-refractivity contribution in [2.24, 2.45) is 0 Å². The van der Waals surface area contributed by atoms with E-state index in [4.69, 9.17) is 4.74 Å². The fourth-order valence-corrected chi connectivity index (χ4v) is 1.81. The predicted octanol–water partition coefficient (Wildman–Crippen LogP) is 4.61. The molecule has 0 N–H and O–H groups in total. The van der Waals surface area contributed by atoms with Crippen LogP contribution in [-0.2, 0) is 6.18 Å². The average Bonchev–Trinajstić information content (AvgIpc) is 2.19. The van der Waals surface area contributed by atoms with Gasteiger partial charge in [-0.1, -0.05) is 0 Å². The Balaban J connectivity index is 3.28. The molecule has 0 saturated heterocycles. The molecule has 0 saturated carbocycles. The van der Waals surface area contributed by atoms with Gasteiger partial charge in [0.2, 0.25) is 0 Å². The number of hydrogen-bond donors (Lipinski definition) is 0.